The summed E-state index contributed by atoms with van der Waals surface area (Å²) in [6.45, 7) is 2.89. The first-order valence-electron chi connectivity index (χ1n) is 11.0. The summed E-state index contributed by atoms with van der Waals surface area (Å²) >= 11 is 0. The molecular formula is C26H25NO6S. The molecule has 0 radical (unpaired) electrons. The Kier molecular flexibility index (Phi) is 6.70. The summed E-state index contributed by atoms with van der Waals surface area (Å²) in [7, 11) is -3.96. The number of sulfonamides is 1. The van der Waals surface area contributed by atoms with Gasteiger partial charge < -0.3 is 9.47 Å². The van der Waals surface area contributed by atoms with E-state index in [9.17, 15) is 18.0 Å². The van der Waals surface area contributed by atoms with Crippen LogP contribution < -0.4 is 4.74 Å². The minimum absolute atomic E-state index is 0.00523. The van der Waals surface area contributed by atoms with Gasteiger partial charge in [0.25, 0.3) is 10.0 Å². The van der Waals surface area contributed by atoms with Crippen molar-refractivity contribution in [2.45, 2.75) is 31.6 Å². The number of carbonyl (C=O) groups excluding carboxylic acids is 2. The van der Waals surface area contributed by atoms with Crippen LogP contribution in [-0.4, -0.2) is 37.6 Å². The molecule has 0 aromatic heterocycles. The summed E-state index contributed by atoms with van der Waals surface area (Å²) in [4.78, 5) is 25.3. The van der Waals surface area contributed by atoms with Crippen LogP contribution in [0.5, 0.6) is 5.75 Å². The van der Waals surface area contributed by atoms with Crippen molar-refractivity contribution < 1.29 is 27.5 Å². The third kappa shape index (κ3) is 4.54. The number of ether oxygens (including phenoxy) is 2. The second-order valence-electron chi connectivity index (χ2n) is 7.93. The zero-order valence-corrected chi connectivity index (χ0v) is 19.8. The first-order valence-corrected chi connectivity index (χ1v) is 12.5. The van der Waals surface area contributed by atoms with Gasteiger partial charge in [-0.2, -0.15) is 0 Å². The number of allylic oxidation sites excluding steroid dienone is 1. The zero-order valence-electron chi connectivity index (χ0n) is 19.0. The van der Waals surface area contributed by atoms with Crippen LogP contribution in [0.15, 0.2) is 77.3 Å². The molecule has 0 amide bonds. The molecule has 1 aliphatic rings. The van der Waals surface area contributed by atoms with Crippen LogP contribution in [0.4, 0.5) is 0 Å². The quantitative estimate of drug-likeness (QED) is 0.441. The topological polar surface area (TPSA) is 90.0 Å². The third-order valence-electron chi connectivity index (χ3n) is 5.51. The molecule has 0 spiro atoms. The minimum Gasteiger partial charge on any atom is -0.482 e. The van der Waals surface area contributed by atoms with Gasteiger partial charge in [-0.1, -0.05) is 55.8 Å². The summed E-state index contributed by atoms with van der Waals surface area (Å²) in [5.41, 5.74) is 0.0331. The molecule has 0 unspecified atom stereocenters. The largest absolute Gasteiger partial charge is 0.482 e. The predicted octanol–water partition coefficient (Wildman–Crippen LogP) is 4.52. The van der Waals surface area contributed by atoms with Gasteiger partial charge in [0.15, 0.2) is 18.1 Å². The number of hydrogen-bond donors (Lipinski definition) is 0. The highest BCUT2D eigenvalue weighted by atomic mass is 32.2. The lowest BCUT2D eigenvalue weighted by molar-refractivity contribution is -0.139. The summed E-state index contributed by atoms with van der Waals surface area (Å²) < 4.78 is 38.8. The second kappa shape index (κ2) is 9.69. The summed E-state index contributed by atoms with van der Waals surface area (Å²) in [5.74, 6) is -0.826. The van der Waals surface area contributed by atoms with Gasteiger partial charge in [0.2, 0.25) is 0 Å². The maximum absolute atomic E-state index is 13.2. The molecule has 1 aliphatic heterocycles. The summed E-state index contributed by atoms with van der Waals surface area (Å²) in [6, 6.07) is 19.4. The highest BCUT2D eigenvalue weighted by Crippen LogP contribution is 2.38. The standard InChI is InChI=1S/C26H25NO6S/c1-3-4-15-27-25(18(2)28)26(22-11-7-8-12-23(22)34(27,30)31)33-24(29)17-32-21-14-13-19-9-5-6-10-20(19)16-21/h5-14,16H,3-4,15,17H2,1-2H3. The minimum atomic E-state index is -3.96. The van der Waals surface area contributed by atoms with Crippen molar-refractivity contribution in [3.05, 3.63) is 78.0 Å². The van der Waals surface area contributed by atoms with E-state index in [4.69, 9.17) is 9.47 Å². The molecule has 0 fully saturated rings. The maximum Gasteiger partial charge on any atom is 0.349 e. The van der Waals surface area contributed by atoms with E-state index in [1.807, 2.05) is 43.3 Å². The zero-order chi connectivity index (χ0) is 24.3. The molecule has 1 heterocycles. The molecule has 0 saturated heterocycles. The van der Waals surface area contributed by atoms with Gasteiger partial charge in [-0.05, 0) is 41.5 Å². The average Bonchev–Trinajstić information content (AvgIpc) is 2.83. The number of fused-ring (bicyclic) bond motifs is 2. The molecule has 0 N–H and O–H groups in total. The lowest BCUT2D eigenvalue weighted by Crippen LogP contribution is -2.39. The van der Waals surface area contributed by atoms with Crippen molar-refractivity contribution in [3.8, 4) is 5.75 Å². The smallest absolute Gasteiger partial charge is 0.349 e. The first-order chi connectivity index (χ1) is 16.3. The molecule has 0 saturated carbocycles. The van der Waals surface area contributed by atoms with E-state index in [0.717, 1.165) is 21.5 Å². The normalized spacial score (nSPS) is 14.6. The Morgan fingerprint density at radius 1 is 0.941 bits per heavy atom. The fourth-order valence-corrected chi connectivity index (χ4v) is 5.62. The van der Waals surface area contributed by atoms with E-state index in [2.05, 4.69) is 0 Å². The number of unbranched alkanes of at least 4 members (excludes halogenated alkanes) is 1. The van der Waals surface area contributed by atoms with Crippen molar-refractivity contribution in [2.75, 3.05) is 13.2 Å². The van der Waals surface area contributed by atoms with Crippen LogP contribution in [0, 0.1) is 0 Å². The maximum atomic E-state index is 13.2. The lowest BCUT2D eigenvalue weighted by Gasteiger charge is -2.32. The highest BCUT2D eigenvalue weighted by Gasteiger charge is 2.40. The van der Waals surface area contributed by atoms with Gasteiger partial charge >= 0.3 is 5.97 Å². The summed E-state index contributed by atoms with van der Waals surface area (Å²) in [5, 5.41) is 2.01. The van der Waals surface area contributed by atoms with E-state index in [0.29, 0.717) is 12.2 Å². The van der Waals surface area contributed by atoms with Gasteiger partial charge in [-0.3, -0.25) is 9.10 Å². The molecule has 0 atom stereocenters. The number of benzene rings is 3. The van der Waals surface area contributed by atoms with E-state index >= 15 is 0 Å². The molecule has 0 aliphatic carbocycles. The van der Waals surface area contributed by atoms with Crippen molar-refractivity contribution in [1.82, 2.24) is 4.31 Å². The molecule has 3 aromatic carbocycles. The number of ketones is 1. The predicted molar refractivity (Wildman–Crippen MR) is 128 cm³/mol. The van der Waals surface area contributed by atoms with Crippen molar-refractivity contribution >= 4 is 38.3 Å². The Balaban J connectivity index is 1.64. The van der Waals surface area contributed by atoms with Crippen LogP contribution >= 0.6 is 0 Å². The van der Waals surface area contributed by atoms with E-state index in [1.54, 1.807) is 18.2 Å². The van der Waals surface area contributed by atoms with Crippen molar-refractivity contribution in [3.63, 3.8) is 0 Å². The van der Waals surface area contributed by atoms with Crippen LogP contribution in [-0.2, 0) is 24.3 Å². The Labute approximate surface area is 198 Å². The fraction of sp³-hybridized carbons (Fsp3) is 0.231. The molecule has 3 aromatic rings. The number of carbonyl (C=O) groups is 2. The molecule has 4 rings (SSSR count). The van der Waals surface area contributed by atoms with Crippen molar-refractivity contribution in [2.24, 2.45) is 0 Å². The highest BCUT2D eigenvalue weighted by molar-refractivity contribution is 7.89. The van der Waals surface area contributed by atoms with Crippen LogP contribution in [0.3, 0.4) is 0 Å². The Morgan fingerprint density at radius 2 is 1.65 bits per heavy atom. The van der Waals surface area contributed by atoms with E-state index in [-0.39, 0.29) is 28.5 Å². The molecule has 34 heavy (non-hydrogen) atoms. The van der Waals surface area contributed by atoms with Gasteiger partial charge in [0, 0.05) is 19.0 Å². The first kappa shape index (κ1) is 23.5. The number of nitrogens with zero attached hydrogens (tertiary/aromatic N) is 1. The average molecular weight is 480 g/mol. The Morgan fingerprint density at radius 3 is 2.38 bits per heavy atom. The Hall–Kier alpha value is -3.65. The molecule has 8 heteroatoms. The van der Waals surface area contributed by atoms with Crippen LogP contribution in [0.2, 0.25) is 0 Å². The number of Topliss-reactive ketones (excluding diaryl/α,β-unsaturated/α-hetero) is 1. The Bertz CT molecular complexity index is 1390. The lowest BCUT2D eigenvalue weighted by atomic mass is 10.1. The monoisotopic (exact) mass is 479 g/mol. The second-order valence-corrected chi connectivity index (χ2v) is 9.76. The molecule has 0 bridgehead atoms. The molecule has 7 nitrogen and oxygen atoms in total. The van der Waals surface area contributed by atoms with Gasteiger partial charge in [0.1, 0.15) is 11.4 Å². The SMILES string of the molecule is CCCCN1C(C(C)=O)=C(OC(=O)COc2ccc3ccccc3c2)c2ccccc2S1(=O)=O. The van der Waals surface area contributed by atoms with Gasteiger partial charge in [-0.25, -0.2) is 13.2 Å². The van der Waals surface area contributed by atoms with Crippen molar-refractivity contribution in [1.29, 1.82) is 0 Å². The van der Waals surface area contributed by atoms with Gasteiger partial charge in [0.05, 0.1) is 4.90 Å². The van der Waals surface area contributed by atoms with E-state index < -0.39 is 28.4 Å². The van der Waals surface area contributed by atoms with Crippen LogP contribution in [0.1, 0.15) is 32.3 Å². The number of hydrogen-bond acceptors (Lipinski definition) is 6. The molecule has 176 valence electrons. The van der Waals surface area contributed by atoms with Gasteiger partial charge in [-0.15, -0.1) is 0 Å². The van der Waals surface area contributed by atoms with E-state index in [1.165, 1.54) is 19.1 Å². The fourth-order valence-electron chi connectivity index (χ4n) is 3.87. The number of rotatable bonds is 8. The number of esters is 1. The van der Waals surface area contributed by atoms with Crippen LogP contribution in [0.25, 0.3) is 16.5 Å². The third-order valence-corrected chi connectivity index (χ3v) is 7.36. The summed E-state index contributed by atoms with van der Waals surface area (Å²) in [6.07, 6.45) is 1.28. The molecular weight excluding hydrogens is 454 g/mol.